The molecule has 1 aliphatic heterocycles. The van der Waals surface area contributed by atoms with Crippen LogP contribution in [0, 0.1) is 0 Å². The van der Waals surface area contributed by atoms with Crippen molar-refractivity contribution in [2.75, 3.05) is 26.3 Å². The minimum atomic E-state index is -0.364. The first-order valence-corrected chi connectivity index (χ1v) is 4.01. The zero-order chi connectivity index (χ0) is 8.97. The molecule has 0 radical (unpaired) electrons. The van der Waals surface area contributed by atoms with E-state index in [2.05, 4.69) is 0 Å². The first-order chi connectivity index (χ1) is 5.75. The third-order valence-electron chi connectivity index (χ3n) is 2.08. The fourth-order valence-electron chi connectivity index (χ4n) is 1.22. The van der Waals surface area contributed by atoms with E-state index < -0.39 is 0 Å². The summed E-state index contributed by atoms with van der Waals surface area (Å²) in [4.78, 5) is 12.9. The molecule has 1 fully saturated rings. The van der Waals surface area contributed by atoms with Crippen molar-refractivity contribution >= 4 is 18.3 Å². The average molecular weight is 227 g/mol. The van der Waals surface area contributed by atoms with E-state index >= 15 is 0 Å². The third-order valence-corrected chi connectivity index (χ3v) is 2.08. The molecule has 14 heavy (non-hydrogen) atoms. The van der Waals surface area contributed by atoms with Crippen molar-refractivity contribution in [1.29, 1.82) is 0 Å². The van der Waals surface area contributed by atoms with Crippen LogP contribution in [0.2, 0.25) is 0 Å². The van der Waals surface area contributed by atoms with Gasteiger partial charge in [0.2, 0.25) is 0 Å². The molecule has 0 aromatic carbocycles. The van der Waals surface area contributed by atoms with Gasteiger partial charge in [0.15, 0.2) is 0 Å². The van der Waals surface area contributed by atoms with Crippen molar-refractivity contribution in [1.82, 2.24) is 10.4 Å². The molecule has 1 aliphatic rings. The molecule has 6 heteroatoms. The zero-order valence-corrected chi connectivity index (χ0v) is 8.34. The number of rotatable bonds is 2. The van der Waals surface area contributed by atoms with Gasteiger partial charge in [-0.1, -0.05) is 7.43 Å². The summed E-state index contributed by atoms with van der Waals surface area (Å²) < 4.78 is 5.13. The predicted octanol–water partition coefficient (Wildman–Crippen LogP) is 0.270. The van der Waals surface area contributed by atoms with Crippen LogP contribution in [0.1, 0.15) is 14.4 Å². The Bertz CT molecular complexity index is 163. The topological polar surface area (TPSA) is 61.8 Å². The van der Waals surface area contributed by atoms with Gasteiger partial charge in [-0.05, 0) is 6.92 Å². The fraction of sp³-hybridized carbons (Fsp3) is 0.875. The summed E-state index contributed by atoms with van der Waals surface area (Å²) in [6, 6.07) is -0.279. The molecule has 1 atom stereocenters. The fourth-order valence-corrected chi connectivity index (χ4v) is 1.22. The highest BCUT2D eigenvalue weighted by Gasteiger charge is 2.22. The Kier molecular flexibility index (Phi) is 9.18. The van der Waals surface area contributed by atoms with E-state index in [0.717, 1.165) is 13.1 Å². The summed E-state index contributed by atoms with van der Waals surface area (Å²) in [5, 5.41) is 8.38. The Morgan fingerprint density at radius 3 is 2.43 bits per heavy atom. The summed E-state index contributed by atoms with van der Waals surface area (Å²) in [7, 11) is 0. The van der Waals surface area contributed by atoms with E-state index in [-0.39, 0.29) is 31.8 Å². The van der Waals surface area contributed by atoms with Crippen molar-refractivity contribution in [3.63, 3.8) is 0 Å². The highest BCUT2D eigenvalue weighted by molar-refractivity contribution is 5.85. The summed E-state index contributed by atoms with van der Waals surface area (Å²) in [6.45, 7) is 4.56. The lowest BCUT2D eigenvalue weighted by Gasteiger charge is -2.30. The molecule has 0 bridgehead atoms. The van der Waals surface area contributed by atoms with Crippen molar-refractivity contribution < 1.29 is 14.7 Å². The number of nitrogens with one attached hydrogen (secondary N) is 1. The standard InChI is InChI=1S/C7H14N2O3.CH4.ClH/c1-6(7(10)8-11)9-2-4-12-5-3-9;;/h6,11H,2-5H2,1H3,(H,8,10);1H4;1H. The zero-order valence-electron chi connectivity index (χ0n) is 7.52. The normalized spacial score (nSPS) is 18.7. The Balaban J connectivity index is 0. The van der Waals surface area contributed by atoms with Crippen LogP contribution in [-0.4, -0.2) is 48.4 Å². The molecule has 0 aromatic rings. The third kappa shape index (κ3) is 4.23. The van der Waals surface area contributed by atoms with Gasteiger partial charge in [0, 0.05) is 13.1 Å². The van der Waals surface area contributed by atoms with Gasteiger partial charge in [0.1, 0.15) is 0 Å². The monoisotopic (exact) mass is 226 g/mol. The van der Waals surface area contributed by atoms with Crippen molar-refractivity contribution in [3.8, 4) is 0 Å². The maximum Gasteiger partial charge on any atom is 0.260 e. The molecule has 5 nitrogen and oxygen atoms in total. The molecule has 1 unspecified atom stereocenters. The van der Waals surface area contributed by atoms with E-state index in [1.807, 2.05) is 4.90 Å². The molecule has 0 aromatic heterocycles. The van der Waals surface area contributed by atoms with Crippen LogP contribution in [-0.2, 0) is 9.53 Å². The Hall–Kier alpha value is -0.360. The highest BCUT2D eigenvalue weighted by Crippen LogP contribution is 2.02. The number of nitrogens with zero attached hydrogens (tertiary/aromatic N) is 1. The second-order valence-corrected chi connectivity index (χ2v) is 2.80. The van der Waals surface area contributed by atoms with E-state index in [0.29, 0.717) is 13.2 Å². The number of carbonyl (C=O) groups excluding carboxylic acids is 1. The average Bonchev–Trinajstić information content (AvgIpc) is 2.17. The quantitative estimate of drug-likeness (QED) is 0.524. The largest absolute Gasteiger partial charge is 0.379 e. The smallest absolute Gasteiger partial charge is 0.260 e. The van der Waals surface area contributed by atoms with Crippen molar-refractivity contribution in [2.45, 2.75) is 20.4 Å². The van der Waals surface area contributed by atoms with Crippen LogP contribution in [0.5, 0.6) is 0 Å². The molecule has 1 amide bonds. The lowest BCUT2D eigenvalue weighted by Crippen LogP contribution is -2.49. The maximum atomic E-state index is 11.0. The Labute approximate surface area is 90.8 Å². The number of halogens is 1. The SMILES string of the molecule is C.CC(C(=O)NO)N1CCOCC1.Cl. The molecule has 0 spiro atoms. The van der Waals surface area contributed by atoms with Crippen molar-refractivity contribution in [2.24, 2.45) is 0 Å². The second-order valence-electron chi connectivity index (χ2n) is 2.80. The molecule has 1 rings (SSSR count). The minimum Gasteiger partial charge on any atom is -0.379 e. The van der Waals surface area contributed by atoms with Gasteiger partial charge in [-0.25, -0.2) is 5.48 Å². The van der Waals surface area contributed by atoms with Crippen LogP contribution in [0.3, 0.4) is 0 Å². The van der Waals surface area contributed by atoms with Gasteiger partial charge >= 0.3 is 0 Å². The molecule has 0 saturated carbocycles. The number of hydrogen-bond donors (Lipinski definition) is 2. The minimum absolute atomic E-state index is 0. The first-order valence-electron chi connectivity index (χ1n) is 4.01. The molecule has 86 valence electrons. The van der Waals surface area contributed by atoms with Crippen LogP contribution in [0.4, 0.5) is 0 Å². The molecular weight excluding hydrogens is 208 g/mol. The van der Waals surface area contributed by atoms with Gasteiger partial charge in [-0.2, -0.15) is 0 Å². The van der Waals surface area contributed by atoms with Crippen LogP contribution < -0.4 is 5.48 Å². The van der Waals surface area contributed by atoms with Gasteiger partial charge < -0.3 is 4.74 Å². The van der Waals surface area contributed by atoms with E-state index in [1.165, 1.54) is 0 Å². The summed E-state index contributed by atoms with van der Waals surface area (Å²) in [5.74, 6) is -0.364. The number of amides is 1. The summed E-state index contributed by atoms with van der Waals surface area (Å²) in [6.07, 6.45) is 0. The van der Waals surface area contributed by atoms with E-state index in [1.54, 1.807) is 12.4 Å². The number of hydrogen-bond acceptors (Lipinski definition) is 4. The van der Waals surface area contributed by atoms with Gasteiger partial charge in [0.25, 0.3) is 5.91 Å². The number of hydroxylamine groups is 1. The first kappa shape index (κ1) is 16.1. The van der Waals surface area contributed by atoms with E-state index in [4.69, 9.17) is 9.94 Å². The van der Waals surface area contributed by atoms with Crippen LogP contribution in [0.25, 0.3) is 0 Å². The van der Waals surface area contributed by atoms with E-state index in [9.17, 15) is 4.79 Å². The number of ether oxygens (including phenoxy) is 1. The van der Waals surface area contributed by atoms with Crippen molar-refractivity contribution in [3.05, 3.63) is 0 Å². The molecular formula is C8H19ClN2O3. The van der Waals surface area contributed by atoms with Gasteiger partial charge in [-0.3, -0.25) is 14.9 Å². The maximum absolute atomic E-state index is 11.0. The second kappa shape index (κ2) is 7.99. The van der Waals surface area contributed by atoms with Gasteiger partial charge in [0.05, 0.1) is 19.3 Å². The molecule has 1 saturated heterocycles. The summed E-state index contributed by atoms with van der Waals surface area (Å²) in [5.41, 5.74) is 1.64. The Morgan fingerprint density at radius 2 is 2.00 bits per heavy atom. The number of carbonyl (C=O) groups is 1. The highest BCUT2D eigenvalue weighted by atomic mass is 35.5. The number of morpholine rings is 1. The molecule has 1 heterocycles. The summed E-state index contributed by atoms with van der Waals surface area (Å²) >= 11 is 0. The van der Waals surface area contributed by atoms with Crippen LogP contribution in [0.15, 0.2) is 0 Å². The molecule has 2 N–H and O–H groups in total. The lowest BCUT2D eigenvalue weighted by molar-refractivity contribution is -0.135. The lowest BCUT2D eigenvalue weighted by atomic mass is 10.2. The molecule has 0 aliphatic carbocycles. The Morgan fingerprint density at radius 1 is 1.50 bits per heavy atom. The van der Waals surface area contributed by atoms with Crippen LogP contribution >= 0.6 is 12.4 Å². The predicted molar refractivity (Wildman–Crippen MR) is 55.8 cm³/mol. The van der Waals surface area contributed by atoms with Gasteiger partial charge in [-0.15, -0.1) is 12.4 Å².